The molecule has 38 heavy (non-hydrogen) atoms. The second kappa shape index (κ2) is 11.8. The Labute approximate surface area is 230 Å². The molecule has 1 N–H and O–H groups in total. The maximum Gasteiger partial charge on any atom is 0.264 e. The molecule has 0 aliphatic carbocycles. The molecule has 0 heterocycles. The van der Waals surface area contributed by atoms with Crippen LogP contribution in [0.25, 0.3) is 0 Å². The zero-order chi connectivity index (χ0) is 27.3. The maximum absolute atomic E-state index is 14.0. The summed E-state index contributed by atoms with van der Waals surface area (Å²) in [6.07, 6.45) is 0.938. The Kier molecular flexibility index (Phi) is 8.55. The first-order chi connectivity index (χ1) is 18.2. The van der Waals surface area contributed by atoms with Crippen LogP contribution in [0.4, 0.5) is 5.69 Å². The minimum Gasteiger partial charge on any atom is -0.345 e. The number of amides is 1. The third kappa shape index (κ3) is 6.26. The van der Waals surface area contributed by atoms with Crippen LogP contribution in [0.15, 0.2) is 102 Å². The van der Waals surface area contributed by atoms with E-state index >= 15 is 0 Å². The van der Waals surface area contributed by atoms with Crippen molar-refractivity contribution in [1.82, 2.24) is 5.32 Å². The van der Waals surface area contributed by atoms with Crippen molar-refractivity contribution in [3.8, 4) is 0 Å². The number of carbonyl (C=O) groups excluding carboxylic acids is 1. The molecule has 0 radical (unpaired) electrons. The molecular formula is C31H31ClN2O3S. The number of hydrogen-bond donors (Lipinski definition) is 1. The number of hydrogen-bond acceptors (Lipinski definition) is 3. The topological polar surface area (TPSA) is 66.5 Å². The predicted molar refractivity (Wildman–Crippen MR) is 154 cm³/mol. The van der Waals surface area contributed by atoms with E-state index in [1.54, 1.807) is 72.8 Å². The van der Waals surface area contributed by atoms with Gasteiger partial charge >= 0.3 is 0 Å². The fourth-order valence-electron chi connectivity index (χ4n) is 4.18. The molecule has 1 amide bonds. The van der Waals surface area contributed by atoms with Crippen molar-refractivity contribution >= 4 is 33.2 Å². The molecule has 1 atom stereocenters. The largest absolute Gasteiger partial charge is 0.345 e. The summed E-state index contributed by atoms with van der Waals surface area (Å²) < 4.78 is 29.2. The lowest BCUT2D eigenvalue weighted by atomic mass is 10.0. The number of benzene rings is 4. The highest BCUT2D eigenvalue weighted by molar-refractivity contribution is 7.92. The summed E-state index contributed by atoms with van der Waals surface area (Å²) in [5.41, 5.74) is 4.46. The van der Waals surface area contributed by atoms with Crippen molar-refractivity contribution in [1.29, 1.82) is 0 Å². The van der Waals surface area contributed by atoms with E-state index in [1.807, 2.05) is 38.1 Å². The fraction of sp³-hybridized carbons (Fsp3) is 0.194. The zero-order valence-electron chi connectivity index (χ0n) is 21.7. The van der Waals surface area contributed by atoms with E-state index in [4.69, 9.17) is 11.6 Å². The van der Waals surface area contributed by atoms with Gasteiger partial charge in [-0.05, 0) is 73.4 Å². The molecule has 0 aliphatic heterocycles. The van der Waals surface area contributed by atoms with Crippen LogP contribution in [-0.4, -0.2) is 14.3 Å². The second-order valence-electron chi connectivity index (χ2n) is 9.26. The first-order valence-electron chi connectivity index (χ1n) is 12.5. The Bertz CT molecular complexity index is 1500. The number of para-hydroxylation sites is 1. The van der Waals surface area contributed by atoms with E-state index in [2.05, 4.69) is 12.2 Å². The zero-order valence-corrected chi connectivity index (χ0v) is 23.3. The van der Waals surface area contributed by atoms with Crippen LogP contribution in [-0.2, 0) is 23.0 Å². The van der Waals surface area contributed by atoms with Gasteiger partial charge in [0.05, 0.1) is 28.7 Å². The molecule has 196 valence electrons. The number of nitrogens with zero attached hydrogens (tertiary/aromatic N) is 1. The van der Waals surface area contributed by atoms with Gasteiger partial charge in [0.15, 0.2) is 0 Å². The van der Waals surface area contributed by atoms with Gasteiger partial charge in [-0.2, -0.15) is 0 Å². The van der Waals surface area contributed by atoms with Gasteiger partial charge in [0, 0.05) is 5.02 Å². The van der Waals surface area contributed by atoms with Crippen molar-refractivity contribution < 1.29 is 13.2 Å². The third-order valence-corrected chi connectivity index (χ3v) is 8.53. The van der Waals surface area contributed by atoms with Crippen LogP contribution < -0.4 is 9.62 Å². The first kappa shape index (κ1) is 27.4. The predicted octanol–water partition coefficient (Wildman–Crippen LogP) is 7.10. The lowest BCUT2D eigenvalue weighted by molar-refractivity contribution is 0.0940. The standard InChI is InChI=1S/C31H31ClN2O3S/c1-4-24-11-15-26(16-12-24)23(3)33-31(35)29-7-5-6-8-30(29)34(21-25-13-17-27(32)18-14-25)38(36,37)28-19-9-22(2)10-20-28/h5-20,23H,4,21H2,1-3H3,(H,33,35)/t23-/m1/s1. The normalized spacial score (nSPS) is 12.1. The minimum absolute atomic E-state index is 0.0334. The summed E-state index contributed by atoms with van der Waals surface area (Å²) in [6.45, 7) is 5.94. The quantitative estimate of drug-likeness (QED) is 0.243. The summed E-state index contributed by atoms with van der Waals surface area (Å²) >= 11 is 6.06. The van der Waals surface area contributed by atoms with Crippen molar-refractivity contribution in [3.05, 3.63) is 130 Å². The van der Waals surface area contributed by atoms with Gasteiger partial charge in [-0.25, -0.2) is 8.42 Å². The Hall–Kier alpha value is -3.61. The molecule has 4 aromatic rings. The molecule has 0 aliphatic rings. The molecule has 0 unspecified atom stereocenters. The highest BCUT2D eigenvalue weighted by atomic mass is 35.5. The van der Waals surface area contributed by atoms with Crippen LogP contribution in [0.3, 0.4) is 0 Å². The number of rotatable bonds is 9. The van der Waals surface area contributed by atoms with Crippen LogP contribution >= 0.6 is 11.6 Å². The van der Waals surface area contributed by atoms with Gasteiger partial charge in [0.25, 0.3) is 15.9 Å². The number of carbonyl (C=O) groups is 1. The Morgan fingerprint density at radius 3 is 2.11 bits per heavy atom. The smallest absolute Gasteiger partial charge is 0.264 e. The summed E-state index contributed by atoms with van der Waals surface area (Å²) in [5.74, 6) is -0.354. The molecule has 4 rings (SSSR count). The molecule has 0 spiro atoms. The van der Waals surface area contributed by atoms with E-state index < -0.39 is 10.0 Å². The van der Waals surface area contributed by atoms with E-state index in [0.29, 0.717) is 10.7 Å². The Morgan fingerprint density at radius 2 is 1.47 bits per heavy atom. The molecule has 0 saturated carbocycles. The average Bonchev–Trinajstić information content (AvgIpc) is 2.93. The fourth-order valence-corrected chi connectivity index (χ4v) is 5.77. The Morgan fingerprint density at radius 1 is 0.868 bits per heavy atom. The van der Waals surface area contributed by atoms with E-state index in [9.17, 15) is 13.2 Å². The lowest BCUT2D eigenvalue weighted by Crippen LogP contribution is -2.34. The van der Waals surface area contributed by atoms with Gasteiger partial charge in [0.1, 0.15) is 0 Å². The molecule has 0 aromatic heterocycles. The highest BCUT2D eigenvalue weighted by Gasteiger charge is 2.29. The van der Waals surface area contributed by atoms with Crippen LogP contribution in [0, 0.1) is 6.92 Å². The van der Waals surface area contributed by atoms with E-state index in [1.165, 1.54) is 9.87 Å². The molecule has 4 aromatic carbocycles. The van der Waals surface area contributed by atoms with Crippen molar-refractivity contribution in [3.63, 3.8) is 0 Å². The monoisotopic (exact) mass is 546 g/mol. The van der Waals surface area contributed by atoms with E-state index in [0.717, 1.165) is 23.1 Å². The van der Waals surface area contributed by atoms with Crippen LogP contribution in [0.1, 0.15) is 52.5 Å². The number of anilines is 1. The number of halogens is 1. The SMILES string of the molecule is CCc1ccc([C@@H](C)NC(=O)c2ccccc2N(Cc2ccc(Cl)cc2)S(=O)(=O)c2ccc(C)cc2)cc1. The molecular weight excluding hydrogens is 516 g/mol. The molecule has 0 fully saturated rings. The third-order valence-electron chi connectivity index (χ3n) is 6.50. The minimum atomic E-state index is -4.00. The molecule has 0 bridgehead atoms. The lowest BCUT2D eigenvalue weighted by Gasteiger charge is -2.27. The number of nitrogens with one attached hydrogen (secondary N) is 1. The Balaban J connectivity index is 1.72. The van der Waals surface area contributed by atoms with Gasteiger partial charge in [-0.3, -0.25) is 9.10 Å². The summed E-state index contributed by atoms with van der Waals surface area (Å²) in [4.78, 5) is 13.7. The summed E-state index contributed by atoms with van der Waals surface area (Å²) in [7, 11) is -4.00. The van der Waals surface area contributed by atoms with Crippen LogP contribution in [0.2, 0.25) is 5.02 Å². The van der Waals surface area contributed by atoms with Gasteiger partial charge in [0.2, 0.25) is 0 Å². The molecule has 7 heteroatoms. The maximum atomic E-state index is 14.0. The summed E-state index contributed by atoms with van der Waals surface area (Å²) in [5, 5.41) is 3.60. The van der Waals surface area contributed by atoms with Crippen molar-refractivity contribution in [2.45, 2.75) is 44.7 Å². The van der Waals surface area contributed by atoms with Gasteiger partial charge in [-0.1, -0.05) is 84.8 Å². The van der Waals surface area contributed by atoms with Crippen LogP contribution in [0.5, 0.6) is 0 Å². The van der Waals surface area contributed by atoms with Gasteiger partial charge < -0.3 is 5.32 Å². The average molecular weight is 547 g/mol. The summed E-state index contributed by atoms with van der Waals surface area (Å²) in [6, 6.07) is 28.3. The van der Waals surface area contributed by atoms with Gasteiger partial charge in [-0.15, -0.1) is 0 Å². The second-order valence-corrected chi connectivity index (χ2v) is 11.6. The van der Waals surface area contributed by atoms with Crippen molar-refractivity contribution in [2.75, 3.05) is 4.31 Å². The van der Waals surface area contributed by atoms with Crippen molar-refractivity contribution in [2.24, 2.45) is 0 Å². The molecule has 5 nitrogen and oxygen atoms in total. The van der Waals surface area contributed by atoms with E-state index in [-0.39, 0.29) is 29.0 Å². The highest BCUT2D eigenvalue weighted by Crippen LogP contribution is 2.30. The number of aryl methyl sites for hydroxylation is 2. The first-order valence-corrected chi connectivity index (χ1v) is 14.3. The molecule has 0 saturated heterocycles. The number of sulfonamides is 1.